The highest BCUT2D eigenvalue weighted by atomic mass is 19.4. The standard InChI is InChI=1S/C13H10F7NO2/c14-4-1-5(2-4)23-6-3-21-10(13(18,19)20)8-7(6)9(15)12(16,17)11(8)22/h3-5,9,11,22H,1-2H2. The predicted octanol–water partition coefficient (Wildman–Crippen LogP) is 3.67. The Morgan fingerprint density at radius 2 is 1.78 bits per heavy atom. The highest BCUT2D eigenvalue weighted by Gasteiger charge is 2.60. The Balaban J connectivity index is 2.08. The van der Waals surface area contributed by atoms with Gasteiger partial charge < -0.3 is 9.84 Å². The van der Waals surface area contributed by atoms with Crippen molar-refractivity contribution in [3.8, 4) is 5.75 Å². The van der Waals surface area contributed by atoms with Crippen LogP contribution in [0.15, 0.2) is 6.20 Å². The van der Waals surface area contributed by atoms with E-state index >= 15 is 0 Å². The number of fused-ring (bicyclic) bond motifs is 1. The Labute approximate surface area is 125 Å². The third-order valence-corrected chi connectivity index (χ3v) is 3.95. The number of rotatable bonds is 2. The summed E-state index contributed by atoms with van der Waals surface area (Å²) < 4.78 is 97.7. The Hall–Kier alpha value is -1.58. The van der Waals surface area contributed by atoms with Gasteiger partial charge in [-0.3, -0.25) is 0 Å². The third kappa shape index (κ3) is 2.43. The molecule has 0 spiro atoms. The Morgan fingerprint density at radius 3 is 2.30 bits per heavy atom. The molecule has 1 saturated carbocycles. The largest absolute Gasteiger partial charge is 0.488 e. The van der Waals surface area contributed by atoms with Crippen LogP contribution in [0, 0.1) is 0 Å². The van der Waals surface area contributed by atoms with Crippen LogP contribution in [0.25, 0.3) is 0 Å². The van der Waals surface area contributed by atoms with Crippen molar-refractivity contribution in [2.75, 3.05) is 0 Å². The summed E-state index contributed by atoms with van der Waals surface area (Å²) in [5, 5.41) is 9.45. The van der Waals surface area contributed by atoms with Gasteiger partial charge >= 0.3 is 12.1 Å². The van der Waals surface area contributed by atoms with E-state index in [-0.39, 0.29) is 12.8 Å². The van der Waals surface area contributed by atoms with Crippen LogP contribution in [-0.4, -0.2) is 28.3 Å². The first-order chi connectivity index (χ1) is 10.5. The number of halogens is 7. The average Bonchev–Trinajstić information content (AvgIpc) is 2.58. The molecule has 3 rings (SSSR count). The van der Waals surface area contributed by atoms with Gasteiger partial charge in [0.1, 0.15) is 24.1 Å². The molecule has 1 heterocycles. The van der Waals surface area contributed by atoms with Crippen molar-refractivity contribution in [1.82, 2.24) is 4.98 Å². The van der Waals surface area contributed by atoms with Crippen molar-refractivity contribution in [1.29, 1.82) is 0 Å². The van der Waals surface area contributed by atoms with Crippen LogP contribution >= 0.6 is 0 Å². The molecule has 0 aromatic carbocycles. The molecule has 0 amide bonds. The molecule has 1 aromatic rings. The SMILES string of the molecule is OC1c2c(C(F)(F)F)ncc(OC3CC(F)C3)c2C(F)C1(F)F. The zero-order valence-electron chi connectivity index (χ0n) is 11.2. The Bertz CT molecular complexity index is 627. The molecule has 10 heteroatoms. The van der Waals surface area contributed by atoms with Gasteiger partial charge in [0.15, 0.2) is 11.9 Å². The molecule has 0 aliphatic heterocycles. The maximum Gasteiger partial charge on any atom is 0.433 e. The van der Waals surface area contributed by atoms with E-state index in [9.17, 15) is 35.8 Å². The summed E-state index contributed by atoms with van der Waals surface area (Å²) in [4.78, 5) is 3.00. The van der Waals surface area contributed by atoms with Crippen LogP contribution < -0.4 is 4.74 Å². The lowest BCUT2D eigenvalue weighted by atomic mass is 9.93. The van der Waals surface area contributed by atoms with Crippen molar-refractivity contribution in [3.63, 3.8) is 0 Å². The topological polar surface area (TPSA) is 42.4 Å². The van der Waals surface area contributed by atoms with Gasteiger partial charge in [-0.15, -0.1) is 0 Å². The number of aliphatic hydroxyl groups is 1. The smallest absolute Gasteiger partial charge is 0.433 e. The monoisotopic (exact) mass is 345 g/mol. The van der Waals surface area contributed by atoms with Crippen molar-refractivity contribution in [2.45, 2.75) is 49.5 Å². The second-order valence-corrected chi connectivity index (χ2v) is 5.54. The summed E-state index contributed by atoms with van der Waals surface area (Å²) >= 11 is 0. The molecule has 2 unspecified atom stereocenters. The normalized spacial score (nSPS) is 32.3. The van der Waals surface area contributed by atoms with Crippen LogP contribution in [-0.2, 0) is 6.18 Å². The number of aromatic nitrogens is 1. The molecule has 23 heavy (non-hydrogen) atoms. The number of hydrogen-bond donors (Lipinski definition) is 1. The molecule has 2 atom stereocenters. The zero-order chi connectivity index (χ0) is 17.2. The fourth-order valence-corrected chi connectivity index (χ4v) is 2.68. The van der Waals surface area contributed by atoms with Gasteiger partial charge in [0.05, 0.1) is 6.20 Å². The van der Waals surface area contributed by atoms with E-state index in [1.165, 1.54) is 0 Å². The molecule has 128 valence electrons. The first-order valence-electron chi connectivity index (χ1n) is 6.64. The number of hydrogen-bond acceptors (Lipinski definition) is 3. The Morgan fingerprint density at radius 1 is 1.17 bits per heavy atom. The lowest BCUT2D eigenvalue weighted by Gasteiger charge is -2.31. The summed E-state index contributed by atoms with van der Waals surface area (Å²) in [6.07, 6.45) is -12.9. The molecule has 0 saturated heterocycles. The summed E-state index contributed by atoms with van der Waals surface area (Å²) in [6.45, 7) is 0. The number of ether oxygens (including phenoxy) is 1. The minimum absolute atomic E-state index is 0.0777. The van der Waals surface area contributed by atoms with Crippen molar-refractivity contribution in [2.24, 2.45) is 0 Å². The number of alkyl halides is 7. The number of aliphatic hydroxyl groups excluding tert-OH is 1. The van der Waals surface area contributed by atoms with E-state index < -0.39 is 59.2 Å². The van der Waals surface area contributed by atoms with Gasteiger partial charge in [-0.25, -0.2) is 13.8 Å². The van der Waals surface area contributed by atoms with Gasteiger partial charge in [-0.05, 0) is 0 Å². The van der Waals surface area contributed by atoms with Crippen LogP contribution in [0.2, 0.25) is 0 Å². The van der Waals surface area contributed by atoms with Crippen LogP contribution in [0.1, 0.15) is 41.9 Å². The van der Waals surface area contributed by atoms with E-state index in [1.54, 1.807) is 0 Å². The Kier molecular flexibility index (Phi) is 3.51. The quantitative estimate of drug-likeness (QED) is 0.832. The molecule has 1 fully saturated rings. The van der Waals surface area contributed by atoms with E-state index in [0.29, 0.717) is 6.20 Å². The molecule has 2 aliphatic carbocycles. The molecular weight excluding hydrogens is 335 g/mol. The second kappa shape index (κ2) is 4.96. The van der Waals surface area contributed by atoms with Crippen LogP contribution in [0.4, 0.5) is 30.7 Å². The lowest BCUT2D eigenvalue weighted by molar-refractivity contribution is -0.154. The molecule has 1 aromatic heterocycles. The maximum absolute atomic E-state index is 14.0. The van der Waals surface area contributed by atoms with Crippen molar-refractivity contribution in [3.05, 3.63) is 23.0 Å². The zero-order valence-corrected chi connectivity index (χ0v) is 11.2. The summed E-state index contributed by atoms with van der Waals surface area (Å²) in [5.74, 6) is -5.07. The number of pyridine rings is 1. The van der Waals surface area contributed by atoms with Gasteiger partial charge in [-0.2, -0.15) is 22.0 Å². The van der Waals surface area contributed by atoms with E-state index in [4.69, 9.17) is 4.74 Å². The molecule has 0 bridgehead atoms. The minimum Gasteiger partial charge on any atom is -0.488 e. The molecule has 0 radical (unpaired) electrons. The predicted molar refractivity (Wildman–Crippen MR) is 61.5 cm³/mol. The van der Waals surface area contributed by atoms with E-state index in [0.717, 1.165) is 0 Å². The number of nitrogens with zero attached hydrogens (tertiary/aromatic N) is 1. The van der Waals surface area contributed by atoms with E-state index in [1.807, 2.05) is 0 Å². The summed E-state index contributed by atoms with van der Waals surface area (Å²) in [7, 11) is 0. The fourth-order valence-electron chi connectivity index (χ4n) is 2.68. The second-order valence-electron chi connectivity index (χ2n) is 5.54. The van der Waals surface area contributed by atoms with Gasteiger partial charge in [0, 0.05) is 24.0 Å². The highest BCUT2D eigenvalue weighted by Crippen LogP contribution is 2.57. The molecule has 1 N–H and O–H groups in total. The van der Waals surface area contributed by atoms with Gasteiger partial charge in [-0.1, -0.05) is 0 Å². The van der Waals surface area contributed by atoms with E-state index in [2.05, 4.69) is 4.98 Å². The molecular formula is C13H10F7NO2. The van der Waals surface area contributed by atoms with Crippen molar-refractivity contribution >= 4 is 0 Å². The first kappa shape index (κ1) is 16.3. The molecule has 3 nitrogen and oxygen atoms in total. The van der Waals surface area contributed by atoms with Crippen LogP contribution in [0.3, 0.4) is 0 Å². The van der Waals surface area contributed by atoms with Crippen molar-refractivity contribution < 1.29 is 40.6 Å². The third-order valence-electron chi connectivity index (χ3n) is 3.95. The maximum atomic E-state index is 14.0. The fraction of sp³-hybridized carbons (Fsp3) is 0.615. The first-order valence-corrected chi connectivity index (χ1v) is 6.64. The average molecular weight is 345 g/mol. The lowest BCUT2D eigenvalue weighted by Crippen LogP contribution is -2.35. The summed E-state index contributed by atoms with van der Waals surface area (Å²) in [5.41, 5.74) is -4.19. The van der Waals surface area contributed by atoms with Crippen LogP contribution in [0.5, 0.6) is 5.75 Å². The summed E-state index contributed by atoms with van der Waals surface area (Å²) in [6, 6.07) is 0. The van der Waals surface area contributed by atoms with Gasteiger partial charge in [0.25, 0.3) is 0 Å². The minimum atomic E-state index is -5.15. The van der Waals surface area contributed by atoms with Gasteiger partial charge in [0.2, 0.25) is 0 Å². The highest BCUT2D eigenvalue weighted by molar-refractivity contribution is 5.50. The molecule has 2 aliphatic rings.